The molecule has 178 valence electrons. The van der Waals surface area contributed by atoms with Crippen LogP contribution in [0.15, 0.2) is 65.1 Å². The van der Waals surface area contributed by atoms with E-state index in [-0.39, 0.29) is 16.6 Å². The summed E-state index contributed by atoms with van der Waals surface area (Å²) in [4.78, 5) is 30.0. The van der Waals surface area contributed by atoms with Gasteiger partial charge in [0.25, 0.3) is 5.91 Å². The van der Waals surface area contributed by atoms with Crippen molar-refractivity contribution in [2.24, 2.45) is 5.92 Å². The SMILES string of the molecule is O=C(Nc1nc2ccccc2o1)c1cc(NC(=O)[C@@H]2[C@@H](c3cc(Cl)cc(Cl)c3)C2(Cl)Cl)ccc1Cl. The van der Waals surface area contributed by atoms with E-state index < -0.39 is 28.0 Å². The normalized spacial score (nSPS) is 18.3. The fraction of sp³-hybridized carbons (Fsp3) is 0.125. The molecule has 1 fully saturated rings. The number of nitrogens with one attached hydrogen (secondary N) is 2. The van der Waals surface area contributed by atoms with Crippen molar-refractivity contribution in [3.05, 3.63) is 86.9 Å². The van der Waals surface area contributed by atoms with E-state index in [1.54, 1.807) is 48.5 Å². The lowest BCUT2D eigenvalue weighted by atomic mass is 10.1. The predicted molar refractivity (Wildman–Crippen MR) is 139 cm³/mol. The van der Waals surface area contributed by atoms with Gasteiger partial charge in [0.2, 0.25) is 5.91 Å². The van der Waals surface area contributed by atoms with E-state index in [4.69, 9.17) is 62.4 Å². The summed E-state index contributed by atoms with van der Waals surface area (Å²) in [5, 5.41) is 6.32. The summed E-state index contributed by atoms with van der Waals surface area (Å²) in [5.74, 6) is -2.24. The molecule has 1 aromatic heterocycles. The molecule has 6 nitrogen and oxygen atoms in total. The van der Waals surface area contributed by atoms with Crippen LogP contribution in [0.25, 0.3) is 11.1 Å². The minimum Gasteiger partial charge on any atom is -0.423 e. The zero-order chi connectivity index (χ0) is 24.9. The second-order valence-electron chi connectivity index (χ2n) is 7.96. The highest BCUT2D eigenvalue weighted by Crippen LogP contribution is 2.65. The molecule has 1 heterocycles. The molecule has 0 spiro atoms. The van der Waals surface area contributed by atoms with Crippen molar-refractivity contribution in [2.45, 2.75) is 10.3 Å². The van der Waals surface area contributed by atoms with Gasteiger partial charge in [0.15, 0.2) is 5.58 Å². The Morgan fingerprint density at radius 3 is 2.34 bits per heavy atom. The Morgan fingerprint density at radius 1 is 0.914 bits per heavy atom. The van der Waals surface area contributed by atoms with Crippen molar-refractivity contribution in [3.63, 3.8) is 0 Å². The van der Waals surface area contributed by atoms with Crippen LogP contribution in [0.1, 0.15) is 21.8 Å². The number of benzene rings is 3. The Balaban J connectivity index is 1.33. The summed E-state index contributed by atoms with van der Waals surface area (Å²) in [7, 11) is 0. The lowest BCUT2D eigenvalue weighted by molar-refractivity contribution is -0.117. The third-order valence-electron chi connectivity index (χ3n) is 5.57. The molecule has 5 rings (SSSR count). The monoisotopic (exact) mass is 567 g/mol. The number of oxazole rings is 1. The van der Waals surface area contributed by atoms with Crippen molar-refractivity contribution in [1.82, 2.24) is 4.98 Å². The average Bonchev–Trinajstić information content (AvgIpc) is 3.15. The summed E-state index contributed by atoms with van der Waals surface area (Å²) < 4.78 is 4.19. The quantitative estimate of drug-likeness (QED) is 0.243. The molecule has 1 aliphatic carbocycles. The highest BCUT2D eigenvalue weighted by Gasteiger charge is 2.67. The van der Waals surface area contributed by atoms with Crippen molar-refractivity contribution < 1.29 is 14.0 Å². The molecule has 1 aliphatic rings. The predicted octanol–water partition coefficient (Wildman–Crippen LogP) is 7.57. The zero-order valence-electron chi connectivity index (χ0n) is 17.5. The molecule has 1 saturated carbocycles. The average molecular weight is 570 g/mol. The minimum absolute atomic E-state index is 0.0248. The standard InChI is InChI=1S/C24H14Cl5N3O3/c25-12-7-11(8-13(26)9-12)19-20(24(19,28)29)22(34)30-14-5-6-16(27)15(10-14)21(33)32-23-31-17-3-1-2-4-18(17)35-23/h1-10,19-20H,(H,30,34)(H,31,32,33)/t19-,20+/m1/s1. The number of para-hydroxylation sites is 2. The van der Waals surface area contributed by atoms with Gasteiger partial charge in [0.1, 0.15) is 9.85 Å². The number of hydrogen-bond donors (Lipinski definition) is 2. The van der Waals surface area contributed by atoms with Gasteiger partial charge < -0.3 is 9.73 Å². The fourth-order valence-corrected chi connectivity index (χ4v) is 5.48. The maximum absolute atomic E-state index is 13.0. The van der Waals surface area contributed by atoms with Crippen LogP contribution in [-0.4, -0.2) is 21.1 Å². The molecule has 3 aromatic carbocycles. The van der Waals surface area contributed by atoms with E-state index in [2.05, 4.69) is 15.6 Å². The summed E-state index contributed by atoms with van der Waals surface area (Å²) >= 11 is 31.2. The second-order valence-corrected chi connectivity index (χ2v) is 10.7. The van der Waals surface area contributed by atoms with Crippen LogP contribution < -0.4 is 10.6 Å². The maximum atomic E-state index is 13.0. The molecule has 2 amide bonds. The van der Waals surface area contributed by atoms with Gasteiger partial charge in [-0.15, -0.1) is 23.2 Å². The first kappa shape index (κ1) is 24.2. The lowest BCUT2D eigenvalue weighted by Crippen LogP contribution is -2.18. The number of amides is 2. The van der Waals surface area contributed by atoms with E-state index in [1.807, 2.05) is 0 Å². The van der Waals surface area contributed by atoms with Crippen LogP contribution in [0.2, 0.25) is 15.1 Å². The van der Waals surface area contributed by atoms with Gasteiger partial charge in [-0.2, -0.15) is 4.98 Å². The number of fused-ring (bicyclic) bond motifs is 1. The number of alkyl halides is 2. The Bertz CT molecular complexity index is 1430. The number of nitrogens with zero attached hydrogens (tertiary/aromatic N) is 1. The van der Waals surface area contributed by atoms with E-state index in [0.29, 0.717) is 32.4 Å². The molecule has 2 N–H and O–H groups in total. The molecule has 4 aromatic rings. The van der Waals surface area contributed by atoms with E-state index in [0.717, 1.165) is 0 Å². The first-order valence-electron chi connectivity index (χ1n) is 10.2. The second kappa shape index (κ2) is 9.19. The van der Waals surface area contributed by atoms with Crippen molar-refractivity contribution in [1.29, 1.82) is 0 Å². The van der Waals surface area contributed by atoms with E-state index in [1.165, 1.54) is 12.1 Å². The fourth-order valence-electron chi connectivity index (χ4n) is 3.91. The molecule has 0 bridgehead atoms. The number of rotatable bonds is 5. The largest absolute Gasteiger partial charge is 0.423 e. The third-order valence-corrected chi connectivity index (χ3v) is 7.28. The number of aromatic nitrogens is 1. The highest BCUT2D eigenvalue weighted by atomic mass is 35.5. The maximum Gasteiger partial charge on any atom is 0.302 e. The number of halogens is 5. The van der Waals surface area contributed by atoms with Gasteiger partial charge in [-0.25, -0.2) is 0 Å². The van der Waals surface area contributed by atoms with Crippen molar-refractivity contribution in [3.8, 4) is 0 Å². The first-order chi connectivity index (χ1) is 16.6. The Hall–Kier alpha value is -2.48. The topological polar surface area (TPSA) is 84.2 Å². The Labute approximate surface area is 224 Å². The van der Waals surface area contributed by atoms with Crippen LogP contribution in [-0.2, 0) is 4.79 Å². The summed E-state index contributed by atoms with van der Waals surface area (Å²) in [5.41, 5.74) is 2.23. The summed E-state index contributed by atoms with van der Waals surface area (Å²) in [6.45, 7) is 0. The number of carbonyl (C=O) groups is 2. The van der Waals surface area contributed by atoms with Gasteiger partial charge in [-0.05, 0) is 54.1 Å². The van der Waals surface area contributed by atoms with E-state index >= 15 is 0 Å². The van der Waals surface area contributed by atoms with Gasteiger partial charge in [0, 0.05) is 21.7 Å². The molecule has 0 unspecified atom stereocenters. The Kier molecular flexibility index (Phi) is 6.36. The number of hydrogen-bond acceptors (Lipinski definition) is 4. The first-order valence-corrected chi connectivity index (χ1v) is 12.1. The van der Waals surface area contributed by atoms with Crippen LogP contribution in [0.5, 0.6) is 0 Å². The molecular weight excluding hydrogens is 556 g/mol. The zero-order valence-corrected chi connectivity index (χ0v) is 21.3. The number of carbonyl (C=O) groups excluding carboxylic acids is 2. The third kappa shape index (κ3) is 4.82. The lowest BCUT2D eigenvalue weighted by Gasteiger charge is -2.09. The summed E-state index contributed by atoms with van der Waals surface area (Å²) in [6, 6.07) is 16.5. The van der Waals surface area contributed by atoms with Gasteiger partial charge in [0.05, 0.1) is 16.5 Å². The number of anilines is 2. The van der Waals surface area contributed by atoms with Gasteiger partial charge >= 0.3 is 6.01 Å². The van der Waals surface area contributed by atoms with Gasteiger partial charge in [-0.1, -0.05) is 46.9 Å². The van der Waals surface area contributed by atoms with Gasteiger partial charge in [-0.3, -0.25) is 14.9 Å². The van der Waals surface area contributed by atoms with Crippen LogP contribution >= 0.6 is 58.0 Å². The molecule has 35 heavy (non-hydrogen) atoms. The minimum atomic E-state index is -1.34. The van der Waals surface area contributed by atoms with Crippen LogP contribution in [0.3, 0.4) is 0 Å². The molecule has 0 aliphatic heterocycles. The molecular formula is C24H14Cl5N3O3. The molecule has 0 radical (unpaired) electrons. The van der Waals surface area contributed by atoms with Crippen LogP contribution in [0, 0.1) is 5.92 Å². The molecule has 11 heteroatoms. The van der Waals surface area contributed by atoms with Crippen molar-refractivity contribution >= 4 is 92.6 Å². The Morgan fingerprint density at radius 2 is 1.63 bits per heavy atom. The summed E-state index contributed by atoms with van der Waals surface area (Å²) in [6.07, 6.45) is 0. The van der Waals surface area contributed by atoms with Crippen LogP contribution in [0.4, 0.5) is 11.7 Å². The molecule has 0 saturated heterocycles. The smallest absolute Gasteiger partial charge is 0.302 e. The molecule has 2 atom stereocenters. The van der Waals surface area contributed by atoms with Crippen molar-refractivity contribution in [2.75, 3.05) is 10.6 Å². The highest BCUT2D eigenvalue weighted by molar-refractivity contribution is 6.53. The van der Waals surface area contributed by atoms with E-state index in [9.17, 15) is 9.59 Å².